The Hall–Kier alpha value is -1.14. The summed E-state index contributed by atoms with van der Waals surface area (Å²) in [4.78, 5) is 22.0. The maximum Gasteiger partial charge on any atom is 0.337 e. The molecule has 1 fully saturated rings. The van der Waals surface area contributed by atoms with Crippen molar-refractivity contribution in [3.8, 4) is 0 Å². The zero-order valence-corrected chi connectivity index (χ0v) is 10.0. The van der Waals surface area contributed by atoms with Crippen LogP contribution in [0.25, 0.3) is 0 Å². The zero-order valence-electron chi connectivity index (χ0n) is 10.0. The van der Waals surface area contributed by atoms with Crippen molar-refractivity contribution >= 4 is 11.9 Å². The molecule has 0 saturated carbocycles. The van der Waals surface area contributed by atoms with Crippen molar-refractivity contribution in [1.82, 2.24) is 10.6 Å². The van der Waals surface area contributed by atoms with Crippen molar-refractivity contribution in [2.24, 2.45) is 5.92 Å². The molecule has 6 nitrogen and oxygen atoms in total. The molecular formula is C11H20N2O4. The van der Waals surface area contributed by atoms with Crippen molar-refractivity contribution < 1.29 is 19.8 Å². The fraction of sp³-hybridized carbons (Fsp3) is 0.818. The highest BCUT2D eigenvalue weighted by atomic mass is 16.4. The first kappa shape index (κ1) is 13.9. The van der Waals surface area contributed by atoms with Crippen LogP contribution in [0.15, 0.2) is 0 Å². The molecule has 0 radical (unpaired) electrons. The molecule has 1 rings (SSSR count). The smallest absolute Gasteiger partial charge is 0.337 e. The van der Waals surface area contributed by atoms with E-state index < -0.39 is 11.6 Å². The number of hydrogen-bond donors (Lipinski definition) is 4. The molecule has 1 saturated heterocycles. The maximum absolute atomic E-state index is 11.4. The summed E-state index contributed by atoms with van der Waals surface area (Å²) in [5.41, 5.74) is -1.90. The first-order chi connectivity index (χ1) is 7.92. The molecule has 6 heteroatoms. The molecule has 0 aromatic heterocycles. The van der Waals surface area contributed by atoms with Crippen LogP contribution in [0.2, 0.25) is 0 Å². The Morgan fingerprint density at radius 2 is 2.24 bits per heavy atom. The number of carboxylic acids is 1. The molecule has 0 aromatic rings. The van der Waals surface area contributed by atoms with Crippen LogP contribution in [0.5, 0.6) is 0 Å². The van der Waals surface area contributed by atoms with Gasteiger partial charge in [-0.1, -0.05) is 0 Å². The number of rotatable bonds is 6. The molecule has 1 amide bonds. The second-order valence-electron chi connectivity index (χ2n) is 4.75. The van der Waals surface area contributed by atoms with Gasteiger partial charge in [-0.3, -0.25) is 4.79 Å². The minimum Gasteiger partial charge on any atom is -0.479 e. The molecule has 0 aliphatic carbocycles. The Balaban J connectivity index is 2.18. The van der Waals surface area contributed by atoms with E-state index in [9.17, 15) is 14.7 Å². The standard InChI is InChI=1S/C11H20N2O4/c1-11(17,10(15)16)7-13-9(14)3-2-8-4-5-12-6-8/h8,12,17H,2-7H2,1H3,(H,13,14)(H,15,16). The molecule has 2 unspecified atom stereocenters. The average molecular weight is 244 g/mol. The predicted octanol–water partition coefficient (Wildman–Crippen LogP) is -0.672. The van der Waals surface area contributed by atoms with Gasteiger partial charge in [0.1, 0.15) is 0 Å². The third-order valence-electron chi connectivity index (χ3n) is 3.03. The average Bonchev–Trinajstić information content (AvgIpc) is 2.76. The van der Waals surface area contributed by atoms with Crippen LogP contribution in [0.1, 0.15) is 26.2 Å². The van der Waals surface area contributed by atoms with Crippen molar-refractivity contribution in [3.05, 3.63) is 0 Å². The predicted molar refractivity (Wildman–Crippen MR) is 61.5 cm³/mol. The zero-order chi connectivity index (χ0) is 12.9. The van der Waals surface area contributed by atoms with E-state index in [0.29, 0.717) is 12.3 Å². The van der Waals surface area contributed by atoms with Gasteiger partial charge in [-0.15, -0.1) is 0 Å². The van der Waals surface area contributed by atoms with Gasteiger partial charge < -0.3 is 20.8 Å². The lowest BCUT2D eigenvalue weighted by Crippen LogP contribution is -2.46. The highest BCUT2D eigenvalue weighted by Crippen LogP contribution is 2.14. The molecule has 1 aliphatic heterocycles. The van der Waals surface area contributed by atoms with Gasteiger partial charge in [-0.2, -0.15) is 0 Å². The molecular weight excluding hydrogens is 224 g/mol. The van der Waals surface area contributed by atoms with Crippen molar-refractivity contribution in [2.45, 2.75) is 31.8 Å². The molecule has 2 atom stereocenters. The molecule has 0 aromatic carbocycles. The van der Waals surface area contributed by atoms with Crippen LogP contribution in [0.4, 0.5) is 0 Å². The van der Waals surface area contributed by atoms with Gasteiger partial charge in [-0.25, -0.2) is 4.79 Å². The summed E-state index contributed by atoms with van der Waals surface area (Å²) in [5, 5.41) is 23.7. The summed E-state index contributed by atoms with van der Waals surface area (Å²) in [5.74, 6) is -1.02. The Kier molecular flexibility index (Phi) is 4.89. The molecule has 0 spiro atoms. The molecule has 98 valence electrons. The Labute approximate surface area is 100 Å². The summed E-state index contributed by atoms with van der Waals surface area (Å²) in [6.45, 7) is 2.85. The number of aliphatic carboxylic acids is 1. The number of hydrogen-bond acceptors (Lipinski definition) is 4. The highest BCUT2D eigenvalue weighted by Gasteiger charge is 2.30. The van der Waals surface area contributed by atoms with E-state index in [1.54, 1.807) is 0 Å². The van der Waals surface area contributed by atoms with E-state index in [0.717, 1.165) is 32.9 Å². The largest absolute Gasteiger partial charge is 0.479 e. The van der Waals surface area contributed by atoms with Crippen LogP contribution < -0.4 is 10.6 Å². The first-order valence-electron chi connectivity index (χ1n) is 5.85. The normalized spacial score (nSPS) is 23.1. The molecule has 17 heavy (non-hydrogen) atoms. The number of amides is 1. The van der Waals surface area contributed by atoms with Crippen LogP contribution in [0.3, 0.4) is 0 Å². The number of carboxylic acid groups (broad SMARTS) is 1. The van der Waals surface area contributed by atoms with E-state index in [1.165, 1.54) is 0 Å². The number of aliphatic hydroxyl groups is 1. The third kappa shape index (κ3) is 4.70. The van der Waals surface area contributed by atoms with Gasteiger partial charge in [-0.05, 0) is 38.8 Å². The van der Waals surface area contributed by atoms with Crippen molar-refractivity contribution in [2.75, 3.05) is 19.6 Å². The van der Waals surface area contributed by atoms with Crippen molar-refractivity contribution in [3.63, 3.8) is 0 Å². The second kappa shape index (κ2) is 5.97. The van der Waals surface area contributed by atoms with E-state index in [-0.39, 0.29) is 12.5 Å². The van der Waals surface area contributed by atoms with Gasteiger partial charge in [0.25, 0.3) is 0 Å². The van der Waals surface area contributed by atoms with Crippen molar-refractivity contribution in [1.29, 1.82) is 0 Å². The summed E-state index contributed by atoms with van der Waals surface area (Å²) in [6.07, 6.45) is 2.26. The van der Waals surface area contributed by atoms with Gasteiger partial charge >= 0.3 is 5.97 Å². The maximum atomic E-state index is 11.4. The summed E-state index contributed by atoms with van der Waals surface area (Å²) >= 11 is 0. The number of carbonyl (C=O) groups is 2. The second-order valence-corrected chi connectivity index (χ2v) is 4.75. The van der Waals surface area contributed by atoms with E-state index in [2.05, 4.69) is 10.6 Å². The molecule has 1 aliphatic rings. The summed E-state index contributed by atoms with van der Waals surface area (Å²) in [7, 11) is 0. The Bertz CT molecular complexity index is 285. The first-order valence-corrected chi connectivity index (χ1v) is 5.85. The van der Waals surface area contributed by atoms with Gasteiger partial charge in [0.15, 0.2) is 5.60 Å². The number of nitrogens with one attached hydrogen (secondary N) is 2. The van der Waals surface area contributed by atoms with E-state index >= 15 is 0 Å². The quantitative estimate of drug-likeness (QED) is 0.496. The lowest BCUT2D eigenvalue weighted by Gasteiger charge is -2.18. The van der Waals surface area contributed by atoms with Gasteiger partial charge in [0.05, 0.1) is 6.54 Å². The SMILES string of the molecule is CC(O)(CNC(=O)CCC1CCNC1)C(=O)O. The van der Waals surface area contributed by atoms with Crippen LogP contribution in [0, 0.1) is 5.92 Å². The van der Waals surface area contributed by atoms with Gasteiger partial charge in [0, 0.05) is 6.42 Å². The summed E-state index contributed by atoms with van der Waals surface area (Å²) in [6, 6.07) is 0. The Morgan fingerprint density at radius 3 is 2.76 bits per heavy atom. The minimum atomic E-state index is -1.90. The fourth-order valence-electron chi connectivity index (χ4n) is 1.73. The topological polar surface area (TPSA) is 98.7 Å². The Morgan fingerprint density at radius 1 is 1.53 bits per heavy atom. The number of carbonyl (C=O) groups excluding carboxylic acids is 1. The molecule has 0 bridgehead atoms. The molecule has 1 heterocycles. The minimum absolute atomic E-state index is 0.210. The lowest BCUT2D eigenvalue weighted by atomic mass is 10.0. The van der Waals surface area contributed by atoms with E-state index in [4.69, 9.17) is 5.11 Å². The van der Waals surface area contributed by atoms with Gasteiger partial charge in [0.2, 0.25) is 5.91 Å². The van der Waals surface area contributed by atoms with Crippen LogP contribution in [-0.2, 0) is 9.59 Å². The van der Waals surface area contributed by atoms with Crippen LogP contribution >= 0.6 is 0 Å². The third-order valence-corrected chi connectivity index (χ3v) is 3.03. The lowest BCUT2D eigenvalue weighted by molar-refractivity contribution is -0.156. The summed E-state index contributed by atoms with van der Waals surface area (Å²) < 4.78 is 0. The van der Waals surface area contributed by atoms with Crippen LogP contribution in [-0.4, -0.2) is 47.3 Å². The molecule has 4 N–H and O–H groups in total. The van der Waals surface area contributed by atoms with E-state index in [1.807, 2.05) is 0 Å². The monoisotopic (exact) mass is 244 g/mol. The fourth-order valence-corrected chi connectivity index (χ4v) is 1.73. The highest BCUT2D eigenvalue weighted by molar-refractivity contribution is 5.80.